The number of likely N-dealkylation sites (tertiary alicyclic amines) is 1. The van der Waals surface area contributed by atoms with Crippen LogP contribution in [-0.2, 0) is 9.53 Å². The van der Waals surface area contributed by atoms with Gasteiger partial charge in [0.05, 0.1) is 0 Å². The number of ether oxygens (including phenoxy) is 1. The van der Waals surface area contributed by atoms with E-state index in [0.717, 1.165) is 25.8 Å². The first-order valence-corrected chi connectivity index (χ1v) is 6.79. The summed E-state index contributed by atoms with van der Waals surface area (Å²) >= 11 is 0. The predicted molar refractivity (Wildman–Crippen MR) is 68.2 cm³/mol. The monoisotopic (exact) mass is 253 g/mol. The highest BCUT2D eigenvalue weighted by molar-refractivity contribution is 5.81. The third kappa shape index (κ3) is 2.85. The van der Waals surface area contributed by atoms with Crippen LogP contribution in [0.1, 0.15) is 47.0 Å². The van der Waals surface area contributed by atoms with E-state index in [2.05, 4.69) is 0 Å². The number of amides is 1. The summed E-state index contributed by atoms with van der Waals surface area (Å²) in [6.07, 6.45) is 2.75. The average Bonchev–Trinajstić information content (AvgIpc) is 2.86. The van der Waals surface area contributed by atoms with Crippen molar-refractivity contribution < 1.29 is 14.3 Å². The van der Waals surface area contributed by atoms with Crippen molar-refractivity contribution in [2.75, 3.05) is 6.54 Å². The van der Waals surface area contributed by atoms with Gasteiger partial charge in [0.1, 0.15) is 11.4 Å². The van der Waals surface area contributed by atoms with Gasteiger partial charge in [-0.25, -0.2) is 4.79 Å². The van der Waals surface area contributed by atoms with Crippen molar-refractivity contribution in [3.63, 3.8) is 0 Å². The molecule has 102 valence electrons. The van der Waals surface area contributed by atoms with E-state index in [0.29, 0.717) is 5.92 Å². The minimum Gasteiger partial charge on any atom is -0.444 e. The number of carbonyl (C=O) groups excluding carboxylic acids is 2. The average molecular weight is 253 g/mol. The zero-order chi connectivity index (χ0) is 13.5. The van der Waals surface area contributed by atoms with Crippen molar-refractivity contribution in [2.24, 2.45) is 11.8 Å². The Balaban J connectivity index is 1.96. The maximum atomic E-state index is 12.1. The lowest BCUT2D eigenvalue weighted by Crippen LogP contribution is -2.41. The molecule has 4 heteroatoms. The molecule has 1 amide bonds. The minimum absolute atomic E-state index is 0.179. The topological polar surface area (TPSA) is 46.6 Å². The molecule has 3 atom stereocenters. The van der Waals surface area contributed by atoms with E-state index < -0.39 is 5.60 Å². The molecule has 1 heterocycles. The van der Waals surface area contributed by atoms with E-state index in [1.165, 1.54) is 0 Å². The molecule has 2 rings (SSSR count). The van der Waals surface area contributed by atoms with Gasteiger partial charge in [0, 0.05) is 18.5 Å². The SMILES string of the molecule is CC(=O)[C@@H]1C[C@H]1[C@H]1CCCN1C(=O)OC(C)(C)C. The van der Waals surface area contributed by atoms with Crippen LogP contribution < -0.4 is 0 Å². The molecule has 0 unspecified atom stereocenters. The van der Waals surface area contributed by atoms with Crippen LogP contribution in [0, 0.1) is 11.8 Å². The molecule has 2 aliphatic rings. The van der Waals surface area contributed by atoms with Gasteiger partial charge in [-0.1, -0.05) is 0 Å². The second-order valence-electron chi connectivity index (χ2n) is 6.50. The first kappa shape index (κ1) is 13.4. The van der Waals surface area contributed by atoms with Crippen LogP contribution in [0.5, 0.6) is 0 Å². The molecular weight excluding hydrogens is 230 g/mol. The molecule has 0 aromatic rings. The summed E-state index contributed by atoms with van der Waals surface area (Å²) < 4.78 is 5.43. The molecule has 18 heavy (non-hydrogen) atoms. The van der Waals surface area contributed by atoms with Gasteiger partial charge in [0.2, 0.25) is 0 Å². The van der Waals surface area contributed by atoms with Crippen LogP contribution in [0.4, 0.5) is 4.79 Å². The van der Waals surface area contributed by atoms with Crippen molar-refractivity contribution in [3.8, 4) is 0 Å². The molecule has 0 bridgehead atoms. The van der Waals surface area contributed by atoms with E-state index in [4.69, 9.17) is 4.74 Å². The minimum atomic E-state index is -0.451. The Bertz CT molecular complexity index is 359. The third-order valence-electron chi connectivity index (χ3n) is 3.78. The van der Waals surface area contributed by atoms with E-state index in [-0.39, 0.29) is 23.8 Å². The Hall–Kier alpha value is -1.06. The van der Waals surface area contributed by atoms with Crippen molar-refractivity contribution in [1.82, 2.24) is 4.90 Å². The fourth-order valence-electron chi connectivity index (χ4n) is 2.89. The number of hydrogen-bond donors (Lipinski definition) is 0. The lowest BCUT2D eigenvalue weighted by Gasteiger charge is -2.28. The Morgan fingerprint density at radius 3 is 2.44 bits per heavy atom. The van der Waals surface area contributed by atoms with Crippen molar-refractivity contribution >= 4 is 11.9 Å². The van der Waals surface area contributed by atoms with E-state index in [1.54, 1.807) is 6.92 Å². The summed E-state index contributed by atoms with van der Waals surface area (Å²) in [6, 6.07) is 0.216. The molecule has 0 aromatic heterocycles. The molecule has 1 aliphatic heterocycles. The second kappa shape index (κ2) is 4.56. The Morgan fingerprint density at radius 1 is 1.28 bits per heavy atom. The highest BCUT2D eigenvalue weighted by Crippen LogP contribution is 2.46. The zero-order valence-electron chi connectivity index (χ0n) is 11.7. The van der Waals surface area contributed by atoms with Gasteiger partial charge in [-0.05, 0) is 52.9 Å². The van der Waals surface area contributed by atoms with Crippen LogP contribution in [0.2, 0.25) is 0 Å². The quantitative estimate of drug-likeness (QED) is 0.760. The fraction of sp³-hybridized carbons (Fsp3) is 0.857. The molecule has 0 N–H and O–H groups in total. The first-order valence-electron chi connectivity index (χ1n) is 6.79. The predicted octanol–water partition coefficient (Wildman–Crippen LogP) is 2.61. The molecule has 0 spiro atoms. The maximum Gasteiger partial charge on any atom is 0.410 e. The van der Waals surface area contributed by atoms with Crippen LogP contribution in [0.15, 0.2) is 0 Å². The summed E-state index contributed by atoms with van der Waals surface area (Å²) in [4.78, 5) is 25.3. The van der Waals surface area contributed by atoms with Crippen molar-refractivity contribution in [1.29, 1.82) is 0 Å². The molecule has 4 nitrogen and oxygen atoms in total. The van der Waals surface area contributed by atoms with Gasteiger partial charge >= 0.3 is 6.09 Å². The normalized spacial score (nSPS) is 31.3. The fourth-order valence-corrected chi connectivity index (χ4v) is 2.89. The molecule has 1 saturated heterocycles. The first-order chi connectivity index (χ1) is 8.29. The number of rotatable bonds is 2. The molecule has 1 aliphatic carbocycles. The summed E-state index contributed by atoms with van der Waals surface area (Å²) in [7, 11) is 0. The lowest BCUT2D eigenvalue weighted by molar-refractivity contribution is -0.118. The van der Waals surface area contributed by atoms with Gasteiger partial charge in [-0.3, -0.25) is 4.79 Å². The summed E-state index contributed by atoms with van der Waals surface area (Å²) in [5.74, 6) is 0.812. The van der Waals surface area contributed by atoms with E-state index in [1.807, 2.05) is 25.7 Å². The molecular formula is C14H23NO3. The van der Waals surface area contributed by atoms with E-state index >= 15 is 0 Å². The van der Waals surface area contributed by atoms with Gasteiger partial charge in [-0.2, -0.15) is 0 Å². The smallest absolute Gasteiger partial charge is 0.410 e. The van der Waals surface area contributed by atoms with Crippen LogP contribution in [0.3, 0.4) is 0 Å². The molecule has 1 saturated carbocycles. The Labute approximate surface area is 109 Å². The zero-order valence-corrected chi connectivity index (χ0v) is 11.7. The summed E-state index contributed by atoms with van der Waals surface area (Å²) in [5.41, 5.74) is -0.451. The number of ketones is 1. The van der Waals surface area contributed by atoms with Crippen molar-refractivity contribution in [2.45, 2.75) is 58.6 Å². The number of nitrogens with zero attached hydrogens (tertiary/aromatic N) is 1. The maximum absolute atomic E-state index is 12.1. The van der Waals surface area contributed by atoms with Gasteiger partial charge in [0.15, 0.2) is 0 Å². The lowest BCUT2D eigenvalue weighted by atomic mass is 10.1. The highest BCUT2D eigenvalue weighted by Gasteiger charge is 2.50. The van der Waals surface area contributed by atoms with Gasteiger partial charge in [-0.15, -0.1) is 0 Å². The molecule has 2 fully saturated rings. The van der Waals surface area contributed by atoms with Crippen LogP contribution in [0.25, 0.3) is 0 Å². The summed E-state index contributed by atoms with van der Waals surface area (Å²) in [5, 5.41) is 0. The molecule has 0 aromatic carbocycles. The number of carbonyl (C=O) groups is 2. The van der Waals surface area contributed by atoms with Gasteiger partial charge in [0.25, 0.3) is 0 Å². The van der Waals surface area contributed by atoms with Crippen LogP contribution >= 0.6 is 0 Å². The van der Waals surface area contributed by atoms with Gasteiger partial charge < -0.3 is 9.64 Å². The van der Waals surface area contributed by atoms with Crippen LogP contribution in [-0.4, -0.2) is 35.0 Å². The molecule has 0 radical (unpaired) electrons. The summed E-state index contributed by atoms with van der Waals surface area (Å²) in [6.45, 7) is 8.06. The number of Topliss-reactive ketones (excluding diaryl/α,β-unsaturated/α-hetero) is 1. The highest BCUT2D eigenvalue weighted by atomic mass is 16.6. The Kier molecular flexibility index (Phi) is 3.39. The number of hydrogen-bond acceptors (Lipinski definition) is 3. The standard InChI is InChI=1S/C14H23NO3/c1-9(16)10-8-11(10)12-6-5-7-15(12)13(17)18-14(2,3)4/h10-12H,5-8H2,1-4H3/t10-,11+,12+/m0/s1. The van der Waals surface area contributed by atoms with Crippen molar-refractivity contribution in [3.05, 3.63) is 0 Å². The third-order valence-corrected chi connectivity index (χ3v) is 3.78. The largest absolute Gasteiger partial charge is 0.444 e. The second-order valence-corrected chi connectivity index (χ2v) is 6.50. The van der Waals surface area contributed by atoms with E-state index in [9.17, 15) is 9.59 Å². The Morgan fingerprint density at radius 2 is 1.94 bits per heavy atom.